The van der Waals surface area contributed by atoms with Crippen LogP contribution >= 0.6 is 0 Å². The summed E-state index contributed by atoms with van der Waals surface area (Å²) in [5.74, 6) is -0.954. The second-order valence-electron chi connectivity index (χ2n) is 1.11. The summed E-state index contributed by atoms with van der Waals surface area (Å²) in [4.78, 5) is 9.74. The van der Waals surface area contributed by atoms with Crippen LogP contribution < -0.4 is 5.73 Å². The Labute approximate surface area is 46.9 Å². The van der Waals surface area contributed by atoms with Crippen molar-refractivity contribution in [3.63, 3.8) is 0 Å². The Morgan fingerprint density at radius 2 is 2.43 bits per heavy atom. The van der Waals surface area contributed by atoms with Gasteiger partial charge in [0.2, 0.25) is 0 Å². The van der Waals surface area contributed by atoms with Crippen LogP contribution in [0.1, 0.15) is 0 Å². The van der Waals surface area contributed by atoms with Gasteiger partial charge in [0.1, 0.15) is 0 Å². The van der Waals surface area contributed by atoms with Crippen LogP contribution in [0.5, 0.6) is 0 Å². The number of aliphatic carboxylic acids is 1. The zero-order valence-corrected chi connectivity index (χ0v) is 4.44. The van der Waals surface area contributed by atoms with Crippen LogP contribution in [0, 0.1) is 0 Å². The minimum atomic E-state index is -1.03. The van der Waals surface area contributed by atoms with E-state index in [-0.39, 0.29) is 5.75 Å². The number of carboxylic acids is 1. The lowest BCUT2D eigenvalue weighted by Crippen LogP contribution is -2.32. The SMILES string of the molecule is NC(C[S-])C(=O)O. The van der Waals surface area contributed by atoms with Crippen LogP contribution in [0.4, 0.5) is 0 Å². The van der Waals surface area contributed by atoms with Gasteiger partial charge in [-0.1, -0.05) is 0 Å². The first kappa shape index (κ1) is 6.78. The number of hydrogen-bond acceptors (Lipinski definition) is 3. The van der Waals surface area contributed by atoms with Crippen molar-refractivity contribution < 1.29 is 9.90 Å². The van der Waals surface area contributed by atoms with Gasteiger partial charge in [0, 0.05) is 0 Å². The molecule has 0 saturated carbocycles. The lowest BCUT2D eigenvalue weighted by atomic mass is 10.4. The van der Waals surface area contributed by atoms with Gasteiger partial charge in [0.15, 0.2) is 0 Å². The van der Waals surface area contributed by atoms with Crippen molar-refractivity contribution in [3.05, 3.63) is 0 Å². The fourth-order valence-corrected chi connectivity index (χ4v) is 0.214. The van der Waals surface area contributed by atoms with E-state index in [1.54, 1.807) is 0 Å². The van der Waals surface area contributed by atoms with E-state index in [4.69, 9.17) is 10.8 Å². The standard InChI is InChI=1S/C3H7NO2S/c4-2(1-7)3(5)6/h2,7H,1,4H2,(H,5,6)/p-1. The maximum Gasteiger partial charge on any atom is 0.318 e. The normalized spacial score (nSPS) is 13.4. The summed E-state index contributed by atoms with van der Waals surface area (Å²) < 4.78 is 0. The lowest BCUT2D eigenvalue weighted by Gasteiger charge is -2.06. The van der Waals surface area contributed by atoms with Crippen molar-refractivity contribution in [2.45, 2.75) is 6.04 Å². The predicted octanol–water partition coefficient (Wildman–Crippen LogP) is -1.05. The number of nitrogens with two attached hydrogens (primary N) is 1. The van der Waals surface area contributed by atoms with Crippen LogP contribution in [0.2, 0.25) is 0 Å². The Hall–Kier alpha value is -0.220. The highest BCUT2D eigenvalue weighted by molar-refractivity contribution is 7.58. The van der Waals surface area contributed by atoms with Crippen LogP contribution in [0.25, 0.3) is 0 Å². The average Bonchev–Trinajstić information content (AvgIpc) is 1.65. The Bertz CT molecular complexity index is 75.3. The minimum absolute atomic E-state index is 0.0787. The molecule has 0 aromatic rings. The molecule has 1 unspecified atom stereocenters. The molecule has 0 saturated heterocycles. The number of carbonyl (C=O) groups is 1. The van der Waals surface area contributed by atoms with E-state index in [9.17, 15) is 4.79 Å². The van der Waals surface area contributed by atoms with Crippen molar-refractivity contribution >= 4 is 18.6 Å². The molecule has 0 aliphatic carbocycles. The van der Waals surface area contributed by atoms with E-state index in [1.165, 1.54) is 0 Å². The van der Waals surface area contributed by atoms with E-state index in [2.05, 4.69) is 12.6 Å². The van der Waals surface area contributed by atoms with Gasteiger partial charge >= 0.3 is 5.97 Å². The minimum Gasteiger partial charge on any atom is -0.791 e. The highest BCUT2D eigenvalue weighted by Crippen LogP contribution is 1.72. The first-order valence-electron chi connectivity index (χ1n) is 1.75. The smallest absolute Gasteiger partial charge is 0.318 e. The molecule has 1 atom stereocenters. The van der Waals surface area contributed by atoms with Crippen molar-refractivity contribution in [1.82, 2.24) is 0 Å². The summed E-state index contributed by atoms with van der Waals surface area (Å²) in [7, 11) is 0. The van der Waals surface area contributed by atoms with Crippen molar-refractivity contribution in [2.24, 2.45) is 5.73 Å². The van der Waals surface area contributed by atoms with Crippen molar-refractivity contribution in [3.8, 4) is 0 Å². The summed E-state index contributed by atoms with van der Waals surface area (Å²) in [5, 5.41) is 7.99. The lowest BCUT2D eigenvalue weighted by molar-refractivity contribution is -0.137. The van der Waals surface area contributed by atoms with Crippen LogP contribution in [0.3, 0.4) is 0 Å². The molecule has 0 fully saturated rings. The van der Waals surface area contributed by atoms with Gasteiger partial charge in [-0.15, -0.1) is 0 Å². The van der Waals surface area contributed by atoms with Gasteiger partial charge in [-0.3, -0.25) is 4.79 Å². The summed E-state index contributed by atoms with van der Waals surface area (Å²) >= 11 is 4.35. The number of hydrogen-bond donors (Lipinski definition) is 2. The van der Waals surface area contributed by atoms with E-state index in [0.29, 0.717) is 0 Å². The second kappa shape index (κ2) is 2.87. The average molecular weight is 120 g/mol. The number of rotatable bonds is 2. The van der Waals surface area contributed by atoms with E-state index in [0.717, 1.165) is 0 Å². The molecule has 3 N–H and O–H groups in total. The highest BCUT2D eigenvalue weighted by atomic mass is 32.1. The molecule has 0 aromatic heterocycles. The molecule has 0 aliphatic rings. The molecule has 0 heterocycles. The maximum absolute atomic E-state index is 9.74. The van der Waals surface area contributed by atoms with Gasteiger partial charge in [0.05, 0.1) is 6.04 Å². The molecule has 0 radical (unpaired) electrons. The summed E-state index contributed by atoms with van der Waals surface area (Å²) in [5.41, 5.74) is 4.91. The molecule has 0 amide bonds. The van der Waals surface area contributed by atoms with E-state index >= 15 is 0 Å². The summed E-state index contributed by atoms with van der Waals surface area (Å²) in [6.45, 7) is 0. The first-order valence-corrected chi connectivity index (χ1v) is 2.32. The number of carboxylic acid groups (broad SMARTS) is 1. The van der Waals surface area contributed by atoms with Crippen LogP contribution in [0.15, 0.2) is 0 Å². The van der Waals surface area contributed by atoms with Crippen molar-refractivity contribution in [2.75, 3.05) is 5.75 Å². The third kappa shape index (κ3) is 2.47. The Morgan fingerprint density at radius 3 is 2.43 bits per heavy atom. The molecule has 0 bridgehead atoms. The molecule has 0 aromatic carbocycles. The largest absolute Gasteiger partial charge is 0.791 e. The molecular weight excluding hydrogens is 114 g/mol. The van der Waals surface area contributed by atoms with Gasteiger partial charge in [-0.2, -0.15) is 5.75 Å². The zero-order chi connectivity index (χ0) is 5.86. The molecule has 3 nitrogen and oxygen atoms in total. The fourth-order valence-electron chi connectivity index (χ4n) is 0.0713. The molecular formula is C3H6NO2S-. The fraction of sp³-hybridized carbons (Fsp3) is 0.667. The topological polar surface area (TPSA) is 63.3 Å². The molecule has 4 heteroatoms. The monoisotopic (exact) mass is 120 g/mol. The molecule has 0 aliphatic heterocycles. The van der Waals surface area contributed by atoms with E-state index in [1.807, 2.05) is 0 Å². The first-order chi connectivity index (χ1) is 3.18. The summed E-state index contributed by atoms with van der Waals surface area (Å²) in [6, 6.07) is -0.866. The maximum atomic E-state index is 9.74. The van der Waals surface area contributed by atoms with Gasteiger partial charge in [0.25, 0.3) is 0 Å². The highest BCUT2D eigenvalue weighted by Gasteiger charge is 2.01. The summed E-state index contributed by atoms with van der Waals surface area (Å²) in [6.07, 6.45) is 0. The van der Waals surface area contributed by atoms with E-state index < -0.39 is 12.0 Å². The van der Waals surface area contributed by atoms with Gasteiger partial charge in [-0.25, -0.2) is 0 Å². The Balaban J connectivity index is 3.34. The van der Waals surface area contributed by atoms with Gasteiger partial charge < -0.3 is 23.5 Å². The van der Waals surface area contributed by atoms with Crippen LogP contribution in [-0.4, -0.2) is 22.9 Å². The Morgan fingerprint density at radius 1 is 2.00 bits per heavy atom. The Kier molecular flexibility index (Phi) is 2.78. The quantitative estimate of drug-likeness (QED) is 0.456. The van der Waals surface area contributed by atoms with Gasteiger partial charge in [-0.05, 0) is 0 Å². The third-order valence-electron chi connectivity index (χ3n) is 0.497. The molecule has 0 spiro atoms. The zero-order valence-electron chi connectivity index (χ0n) is 3.63. The molecule has 0 rings (SSSR count). The molecule has 42 valence electrons. The second-order valence-corrected chi connectivity index (χ2v) is 1.44. The third-order valence-corrected chi connectivity index (χ3v) is 0.856. The van der Waals surface area contributed by atoms with Crippen LogP contribution in [-0.2, 0) is 17.4 Å². The molecule has 7 heavy (non-hydrogen) atoms. The predicted molar refractivity (Wildman–Crippen MR) is 27.8 cm³/mol. The van der Waals surface area contributed by atoms with Crippen molar-refractivity contribution in [1.29, 1.82) is 0 Å².